The SMILES string of the molecule is CC(=O)OCC(=O)[C@@]1(O)CC[C@H]2[C@@H]3CCC4=CC(=O)CC[C@]4(C)[C@H]3C(=O)C[C@@]21C.C[C@]12C=CC(=O)C=C1CC[C@@H]1[C@@H]2[C@@H](O)C[C@@]2(C)[C@H]1CC[C@]2(O)C(=O)CO. The van der Waals surface area contributed by atoms with Crippen LogP contribution in [0.15, 0.2) is 35.5 Å². The zero-order chi connectivity index (χ0) is 40.1. The fourth-order valence-electron chi connectivity index (χ4n) is 14.1. The maximum Gasteiger partial charge on any atom is 0.303 e. The molecular formula is C44H58O11. The molecule has 6 fully saturated rings. The van der Waals surface area contributed by atoms with Crippen LogP contribution >= 0.6 is 0 Å². The number of hydrogen-bond acceptors (Lipinski definition) is 11. The van der Waals surface area contributed by atoms with Crippen molar-refractivity contribution in [2.45, 2.75) is 129 Å². The molecule has 0 radical (unpaired) electrons. The Hall–Kier alpha value is -3.12. The number of esters is 1. The highest BCUT2D eigenvalue weighted by Crippen LogP contribution is 2.68. The molecule has 0 bridgehead atoms. The maximum atomic E-state index is 13.5. The number of aliphatic hydroxyl groups excluding tert-OH is 2. The van der Waals surface area contributed by atoms with Crippen LogP contribution < -0.4 is 0 Å². The van der Waals surface area contributed by atoms with E-state index in [0.717, 1.165) is 43.3 Å². The number of carbonyl (C=O) groups is 6. The fraction of sp³-hybridized carbons (Fsp3) is 0.727. The zero-order valence-corrected chi connectivity index (χ0v) is 32.9. The predicted octanol–water partition coefficient (Wildman–Crippen LogP) is 4.12. The van der Waals surface area contributed by atoms with Crippen molar-refractivity contribution in [1.82, 2.24) is 0 Å². The van der Waals surface area contributed by atoms with E-state index in [9.17, 15) is 49.2 Å². The van der Waals surface area contributed by atoms with Gasteiger partial charge in [-0.25, -0.2) is 0 Å². The Morgan fingerprint density at radius 2 is 1.42 bits per heavy atom. The van der Waals surface area contributed by atoms with E-state index in [1.165, 1.54) is 6.92 Å². The number of ether oxygens (including phenoxy) is 1. The smallest absolute Gasteiger partial charge is 0.303 e. The average molecular weight is 763 g/mol. The molecule has 0 aliphatic heterocycles. The summed E-state index contributed by atoms with van der Waals surface area (Å²) in [6.07, 6.45) is 13.3. The van der Waals surface area contributed by atoms with Crippen molar-refractivity contribution >= 4 is 34.9 Å². The van der Waals surface area contributed by atoms with Gasteiger partial charge in [-0.1, -0.05) is 44.9 Å². The van der Waals surface area contributed by atoms with E-state index < -0.39 is 58.9 Å². The molecule has 8 aliphatic rings. The second-order valence-corrected chi connectivity index (χ2v) is 19.2. The van der Waals surface area contributed by atoms with Gasteiger partial charge in [-0.3, -0.25) is 28.8 Å². The maximum absolute atomic E-state index is 13.5. The van der Waals surface area contributed by atoms with Gasteiger partial charge < -0.3 is 25.2 Å². The summed E-state index contributed by atoms with van der Waals surface area (Å²) < 4.78 is 4.86. The summed E-state index contributed by atoms with van der Waals surface area (Å²) in [5.74, 6) is -1.04. The summed E-state index contributed by atoms with van der Waals surface area (Å²) in [6, 6.07) is 0. The molecule has 300 valence electrons. The Labute approximate surface area is 323 Å². The molecule has 0 saturated heterocycles. The third kappa shape index (κ3) is 5.71. The molecule has 0 aromatic carbocycles. The van der Waals surface area contributed by atoms with Gasteiger partial charge in [0.25, 0.3) is 0 Å². The highest BCUT2D eigenvalue weighted by atomic mass is 16.5. The van der Waals surface area contributed by atoms with Crippen LogP contribution in [0, 0.1) is 57.2 Å². The molecule has 0 heterocycles. The van der Waals surface area contributed by atoms with Crippen LogP contribution in [0.5, 0.6) is 0 Å². The normalized spacial score (nSPS) is 46.6. The minimum atomic E-state index is -1.65. The summed E-state index contributed by atoms with van der Waals surface area (Å²) in [5.41, 5.74) is -3.22. The average Bonchev–Trinajstić information content (AvgIpc) is 3.56. The lowest BCUT2D eigenvalue weighted by Crippen LogP contribution is -2.61. The lowest BCUT2D eigenvalue weighted by Gasteiger charge is -2.59. The third-order valence-corrected chi connectivity index (χ3v) is 16.9. The molecule has 11 heteroatoms. The highest BCUT2D eigenvalue weighted by molar-refractivity contribution is 6.01. The molecule has 0 aromatic heterocycles. The van der Waals surface area contributed by atoms with Crippen molar-refractivity contribution in [3.05, 3.63) is 35.5 Å². The Bertz CT molecular complexity index is 1810. The number of rotatable bonds is 5. The molecule has 6 saturated carbocycles. The molecule has 0 amide bonds. The first-order chi connectivity index (χ1) is 25.7. The van der Waals surface area contributed by atoms with Gasteiger partial charge in [0, 0.05) is 47.8 Å². The molecule has 8 rings (SSSR count). The highest BCUT2D eigenvalue weighted by Gasteiger charge is 2.70. The molecule has 0 unspecified atom stereocenters. The van der Waals surface area contributed by atoms with E-state index in [1.807, 2.05) is 19.9 Å². The van der Waals surface area contributed by atoms with E-state index in [1.54, 1.807) is 18.2 Å². The first-order valence-corrected chi connectivity index (χ1v) is 20.3. The number of allylic oxidation sites excluding steroid dienone is 5. The van der Waals surface area contributed by atoms with Gasteiger partial charge in [-0.05, 0) is 112 Å². The van der Waals surface area contributed by atoms with Crippen molar-refractivity contribution in [2.24, 2.45) is 57.2 Å². The Morgan fingerprint density at radius 3 is 2.07 bits per heavy atom. The van der Waals surface area contributed by atoms with E-state index in [4.69, 9.17) is 4.74 Å². The fourth-order valence-corrected chi connectivity index (χ4v) is 14.1. The quantitative estimate of drug-likeness (QED) is 0.295. The Balaban J connectivity index is 0.000000170. The van der Waals surface area contributed by atoms with E-state index >= 15 is 0 Å². The Morgan fingerprint density at radius 1 is 0.800 bits per heavy atom. The number of ketones is 5. The first kappa shape index (κ1) is 40.1. The first-order valence-electron chi connectivity index (χ1n) is 20.3. The van der Waals surface area contributed by atoms with Gasteiger partial charge in [0.05, 0.1) is 6.10 Å². The van der Waals surface area contributed by atoms with Crippen molar-refractivity contribution in [2.75, 3.05) is 13.2 Å². The summed E-state index contributed by atoms with van der Waals surface area (Å²) in [5, 5.41) is 43.1. The molecule has 0 spiro atoms. The second-order valence-electron chi connectivity index (χ2n) is 19.2. The number of carbonyl (C=O) groups excluding carboxylic acids is 6. The van der Waals surface area contributed by atoms with Gasteiger partial charge in [0.1, 0.15) is 23.6 Å². The third-order valence-electron chi connectivity index (χ3n) is 16.9. The lowest BCUT2D eigenvalue weighted by molar-refractivity contribution is -0.178. The summed E-state index contributed by atoms with van der Waals surface area (Å²) in [6.45, 7) is 8.10. The van der Waals surface area contributed by atoms with Gasteiger partial charge in [-0.15, -0.1) is 0 Å². The van der Waals surface area contributed by atoms with Gasteiger partial charge in [0.2, 0.25) is 5.78 Å². The van der Waals surface area contributed by atoms with Crippen LogP contribution in [0.25, 0.3) is 0 Å². The summed E-state index contributed by atoms with van der Waals surface area (Å²) in [7, 11) is 0. The molecule has 8 aliphatic carbocycles. The minimum Gasteiger partial charge on any atom is -0.458 e. The van der Waals surface area contributed by atoms with Crippen molar-refractivity contribution in [3.8, 4) is 0 Å². The van der Waals surface area contributed by atoms with Crippen LogP contribution in [0.3, 0.4) is 0 Å². The molecular weight excluding hydrogens is 704 g/mol. The van der Waals surface area contributed by atoms with Crippen LogP contribution in [0.2, 0.25) is 0 Å². The monoisotopic (exact) mass is 762 g/mol. The zero-order valence-electron chi connectivity index (χ0n) is 32.9. The van der Waals surface area contributed by atoms with Crippen LogP contribution in [-0.2, 0) is 33.5 Å². The minimum absolute atomic E-state index is 0.00912. The number of fused-ring (bicyclic) bond motifs is 10. The largest absolute Gasteiger partial charge is 0.458 e. The van der Waals surface area contributed by atoms with Gasteiger partial charge in [0.15, 0.2) is 24.0 Å². The summed E-state index contributed by atoms with van der Waals surface area (Å²) in [4.78, 5) is 73.5. The molecule has 13 atom stereocenters. The van der Waals surface area contributed by atoms with Crippen LogP contribution in [0.4, 0.5) is 0 Å². The van der Waals surface area contributed by atoms with E-state index in [-0.39, 0.29) is 70.1 Å². The molecule has 11 nitrogen and oxygen atoms in total. The van der Waals surface area contributed by atoms with Gasteiger partial charge >= 0.3 is 5.97 Å². The lowest BCUT2D eigenvalue weighted by atomic mass is 9.46. The van der Waals surface area contributed by atoms with Crippen LogP contribution in [0.1, 0.15) is 112 Å². The van der Waals surface area contributed by atoms with E-state index in [2.05, 4.69) is 13.8 Å². The topological polar surface area (TPSA) is 193 Å². The predicted molar refractivity (Wildman–Crippen MR) is 199 cm³/mol. The van der Waals surface area contributed by atoms with E-state index in [0.29, 0.717) is 38.5 Å². The van der Waals surface area contributed by atoms with Crippen molar-refractivity contribution < 1.29 is 53.9 Å². The van der Waals surface area contributed by atoms with Crippen molar-refractivity contribution in [3.63, 3.8) is 0 Å². The molecule has 55 heavy (non-hydrogen) atoms. The molecule has 0 aromatic rings. The number of aliphatic hydroxyl groups is 4. The van der Waals surface area contributed by atoms with Gasteiger partial charge in [-0.2, -0.15) is 0 Å². The van der Waals surface area contributed by atoms with Crippen molar-refractivity contribution in [1.29, 1.82) is 0 Å². The molecule has 4 N–H and O–H groups in total. The second kappa shape index (κ2) is 13.5. The number of hydrogen-bond donors (Lipinski definition) is 4. The number of Topliss-reactive ketones (excluding diaryl/α,β-unsaturated/α-hetero) is 3. The Kier molecular flexibility index (Phi) is 9.83. The standard InChI is InChI=1S/C23H30O6.C21H28O5/c1-13(24)29-12-19(27)23(28)9-7-17-16-5-4-14-10-15(25)6-8-21(14,2)20(16)18(26)11-22(17,23)3;1-19-7-5-13(23)9-12(19)3-4-14-15-6-8-21(26,17(25)11-22)20(15,2)10-16(24)18(14)19/h10,16-17,20,28H,4-9,11-12H2,1-3H3;5,7,9,14-16,18,22,24,26H,3-4,6,8,10-11H2,1-2H3/t16-,17-,20+,21-,22-,23-;14-,15-,16-,18+,19-,20-,21-/m00/s1. The summed E-state index contributed by atoms with van der Waals surface area (Å²) >= 11 is 0. The van der Waals surface area contributed by atoms with Crippen LogP contribution in [-0.4, -0.2) is 85.8 Å².